The maximum atomic E-state index is 11.1. The molecule has 0 radical (unpaired) electrons. The zero-order valence-corrected chi connectivity index (χ0v) is 9.59. The summed E-state index contributed by atoms with van der Waals surface area (Å²) < 4.78 is 0. The molecule has 1 fully saturated rings. The van der Waals surface area contributed by atoms with Crippen LogP contribution in [0.25, 0.3) is 0 Å². The van der Waals surface area contributed by atoms with Crippen LogP contribution in [0.5, 0.6) is 0 Å². The third-order valence-electron chi connectivity index (χ3n) is 3.07. The number of ketones is 1. The van der Waals surface area contributed by atoms with E-state index >= 15 is 0 Å². The molecule has 1 aliphatic heterocycles. The minimum atomic E-state index is 0.346. The number of carbonyl (C=O) groups excluding carboxylic acids is 1. The summed E-state index contributed by atoms with van der Waals surface area (Å²) in [6, 6.07) is 0.549. The lowest BCUT2D eigenvalue weighted by atomic mass is 9.97. The van der Waals surface area contributed by atoms with Crippen LogP contribution in [-0.4, -0.2) is 29.8 Å². The minimum Gasteiger partial charge on any atom is -0.300 e. The molecule has 0 amide bonds. The molecular formula is C12H23NO. The van der Waals surface area contributed by atoms with Gasteiger partial charge < -0.3 is 0 Å². The van der Waals surface area contributed by atoms with E-state index in [9.17, 15) is 4.79 Å². The van der Waals surface area contributed by atoms with Crippen molar-refractivity contribution < 1.29 is 4.79 Å². The van der Waals surface area contributed by atoms with Crippen LogP contribution < -0.4 is 0 Å². The van der Waals surface area contributed by atoms with E-state index < -0.39 is 0 Å². The summed E-state index contributed by atoms with van der Waals surface area (Å²) in [7, 11) is 0. The summed E-state index contributed by atoms with van der Waals surface area (Å²) >= 11 is 0. The van der Waals surface area contributed by atoms with Crippen molar-refractivity contribution in [2.75, 3.05) is 13.1 Å². The Hall–Kier alpha value is -0.370. The summed E-state index contributed by atoms with van der Waals surface area (Å²) in [5.74, 6) is 0.346. The van der Waals surface area contributed by atoms with Gasteiger partial charge in [-0.25, -0.2) is 0 Å². The second-order valence-corrected chi connectivity index (χ2v) is 4.45. The number of nitrogens with zero attached hydrogens (tertiary/aromatic N) is 1. The van der Waals surface area contributed by atoms with Crippen molar-refractivity contribution in [1.29, 1.82) is 0 Å². The number of hydrogen-bond donors (Lipinski definition) is 0. The number of piperidine rings is 1. The summed E-state index contributed by atoms with van der Waals surface area (Å²) in [6.45, 7) is 6.34. The fourth-order valence-electron chi connectivity index (χ4n) is 2.28. The van der Waals surface area contributed by atoms with Gasteiger partial charge in [-0.15, -0.1) is 0 Å². The van der Waals surface area contributed by atoms with Gasteiger partial charge in [-0.05, 0) is 39.3 Å². The van der Waals surface area contributed by atoms with Gasteiger partial charge >= 0.3 is 0 Å². The molecule has 1 saturated heterocycles. The highest BCUT2D eigenvalue weighted by Gasteiger charge is 2.22. The van der Waals surface area contributed by atoms with Gasteiger partial charge in [-0.1, -0.05) is 19.8 Å². The van der Waals surface area contributed by atoms with Gasteiger partial charge in [-0.2, -0.15) is 0 Å². The van der Waals surface area contributed by atoms with Gasteiger partial charge in [0.2, 0.25) is 0 Å². The molecular weight excluding hydrogens is 174 g/mol. The van der Waals surface area contributed by atoms with Crippen molar-refractivity contribution >= 4 is 5.78 Å². The lowest BCUT2D eigenvalue weighted by Gasteiger charge is -2.35. The highest BCUT2D eigenvalue weighted by molar-refractivity contribution is 5.76. The maximum Gasteiger partial charge on any atom is 0.131 e. The number of Topliss-reactive ketones (excluding diaryl/α,β-unsaturated/α-hetero) is 1. The third-order valence-corrected chi connectivity index (χ3v) is 3.07. The van der Waals surface area contributed by atoms with Crippen LogP contribution in [0.3, 0.4) is 0 Å². The van der Waals surface area contributed by atoms with Crippen LogP contribution in [0.2, 0.25) is 0 Å². The van der Waals surface area contributed by atoms with E-state index in [0.29, 0.717) is 11.8 Å². The summed E-state index contributed by atoms with van der Waals surface area (Å²) in [4.78, 5) is 13.6. The first kappa shape index (κ1) is 11.7. The van der Waals surface area contributed by atoms with Gasteiger partial charge in [0, 0.05) is 12.5 Å². The first-order valence-corrected chi connectivity index (χ1v) is 5.97. The molecule has 1 rings (SSSR count). The van der Waals surface area contributed by atoms with Crippen molar-refractivity contribution in [3.8, 4) is 0 Å². The molecule has 82 valence electrons. The molecule has 1 aliphatic rings. The van der Waals surface area contributed by atoms with Crippen LogP contribution >= 0.6 is 0 Å². The Balaban J connectivity index is 2.37. The number of likely N-dealkylation sites (tertiary alicyclic amines) is 1. The molecule has 1 atom stereocenters. The zero-order valence-electron chi connectivity index (χ0n) is 9.59. The molecule has 2 nitrogen and oxygen atoms in total. The molecule has 0 saturated carbocycles. The topological polar surface area (TPSA) is 20.3 Å². The highest BCUT2D eigenvalue weighted by Crippen LogP contribution is 2.20. The average molecular weight is 197 g/mol. The van der Waals surface area contributed by atoms with E-state index in [1.807, 2.05) is 0 Å². The molecule has 0 N–H and O–H groups in total. The fraction of sp³-hybridized carbons (Fsp3) is 0.917. The highest BCUT2D eigenvalue weighted by atomic mass is 16.1. The lowest BCUT2D eigenvalue weighted by molar-refractivity contribution is -0.118. The standard InChI is InChI=1S/C12H23NO/c1-3-4-8-13-9-6-5-7-12(13)10-11(2)14/h12H,3-10H2,1-2H3. The molecule has 2 heteroatoms. The molecule has 0 aromatic heterocycles. The molecule has 0 aliphatic carbocycles. The van der Waals surface area contributed by atoms with Crippen molar-refractivity contribution in [3.63, 3.8) is 0 Å². The predicted octanol–water partition coefficient (Wildman–Crippen LogP) is 2.62. The van der Waals surface area contributed by atoms with Crippen LogP contribution in [0, 0.1) is 0 Å². The Morgan fingerprint density at radius 3 is 2.86 bits per heavy atom. The number of unbranched alkanes of at least 4 members (excludes halogenated alkanes) is 1. The second kappa shape index (κ2) is 6.18. The first-order chi connectivity index (χ1) is 6.74. The van der Waals surface area contributed by atoms with E-state index in [4.69, 9.17) is 0 Å². The Bertz CT molecular complexity index is 179. The Kier molecular flexibility index (Phi) is 5.16. The molecule has 14 heavy (non-hydrogen) atoms. The summed E-state index contributed by atoms with van der Waals surface area (Å²) in [6.07, 6.45) is 7.14. The number of rotatable bonds is 5. The minimum absolute atomic E-state index is 0.346. The van der Waals surface area contributed by atoms with Crippen LogP contribution in [-0.2, 0) is 4.79 Å². The van der Waals surface area contributed by atoms with Gasteiger partial charge in [0.25, 0.3) is 0 Å². The van der Waals surface area contributed by atoms with E-state index in [2.05, 4.69) is 11.8 Å². The Labute approximate surface area is 87.7 Å². The molecule has 0 aromatic carbocycles. The molecule has 0 bridgehead atoms. The van der Waals surface area contributed by atoms with Crippen molar-refractivity contribution in [2.45, 2.75) is 58.4 Å². The zero-order chi connectivity index (χ0) is 10.4. The van der Waals surface area contributed by atoms with E-state index in [1.165, 1.54) is 45.2 Å². The normalized spacial score (nSPS) is 23.7. The predicted molar refractivity (Wildman–Crippen MR) is 59.4 cm³/mol. The molecule has 0 aromatic rings. The van der Waals surface area contributed by atoms with Gasteiger partial charge in [-0.3, -0.25) is 9.69 Å². The van der Waals surface area contributed by atoms with E-state index in [-0.39, 0.29) is 0 Å². The van der Waals surface area contributed by atoms with E-state index in [0.717, 1.165) is 6.42 Å². The number of carbonyl (C=O) groups is 1. The summed E-state index contributed by atoms with van der Waals surface area (Å²) in [5, 5.41) is 0. The van der Waals surface area contributed by atoms with Crippen LogP contribution in [0.15, 0.2) is 0 Å². The molecule has 1 heterocycles. The van der Waals surface area contributed by atoms with Crippen molar-refractivity contribution in [2.24, 2.45) is 0 Å². The lowest BCUT2D eigenvalue weighted by Crippen LogP contribution is -2.41. The Morgan fingerprint density at radius 1 is 1.43 bits per heavy atom. The van der Waals surface area contributed by atoms with Crippen LogP contribution in [0.4, 0.5) is 0 Å². The maximum absolute atomic E-state index is 11.1. The van der Waals surface area contributed by atoms with Crippen molar-refractivity contribution in [1.82, 2.24) is 4.90 Å². The molecule has 1 unspecified atom stereocenters. The van der Waals surface area contributed by atoms with Gasteiger partial charge in [0.15, 0.2) is 0 Å². The fourth-order valence-corrected chi connectivity index (χ4v) is 2.28. The average Bonchev–Trinajstić information content (AvgIpc) is 2.16. The first-order valence-electron chi connectivity index (χ1n) is 5.97. The Morgan fingerprint density at radius 2 is 2.21 bits per heavy atom. The SMILES string of the molecule is CCCCN1CCCCC1CC(C)=O. The van der Waals surface area contributed by atoms with Gasteiger partial charge in [0.05, 0.1) is 0 Å². The van der Waals surface area contributed by atoms with Gasteiger partial charge in [0.1, 0.15) is 5.78 Å². The van der Waals surface area contributed by atoms with Crippen LogP contribution in [0.1, 0.15) is 52.4 Å². The largest absolute Gasteiger partial charge is 0.300 e. The third kappa shape index (κ3) is 3.79. The number of hydrogen-bond acceptors (Lipinski definition) is 2. The monoisotopic (exact) mass is 197 g/mol. The second-order valence-electron chi connectivity index (χ2n) is 4.45. The molecule has 0 spiro atoms. The smallest absolute Gasteiger partial charge is 0.131 e. The van der Waals surface area contributed by atoms with Crippen molar-refractivity contribution in [3.05, 3.63) is 0 Å². The summed E-state index contributed by atoms with van der Waals surface area (Å²) in [5.41, 5.74) is 0. The van der Waals surface area contributed by atoms with E-state index in [1.54, 1.807) is 6.92 Å². The quantitative estimate of drug-likeness (QED) is 0.675.